The molecular formula is C14H21N5O5. The molecule has 3 heterocycles. The number of imidazole rings is 1. The van der Waals surface area contributed by atoms with Crippen LogP contribution in [-0.2, 0) is 14.2 Å². The topological polar surface area (TPSA) is 138 Å². The van der Waals surface area contributed by atoms with Gasteiger partial charge in [-0.05, 0) is 13.8 Å². The molecule has 0 saturated carbocycles. The van der Waals surface area contributed by atoms with Crippen molar-refractivity contribution in [2.24, 2.45) is 0 Å². The number of hydrogen-bond donors (Lipinski definition) is 3. The highest BCUT2D eigenvalue weighted by atomic mass is 16.7. The minimum atomic E-state index is -1.29. The highest BCUT2D eigenvalue weighted by Gasteiger charge is 2.39. The van der Waals surface area contributed by atoms with Gasteiger partial charge in [0.05, 0.1) is 12.4 Å². The van der Waals surface area contributed by atoms with Crippen molar-refractivity contribution in [2.75, 3.05) is 19.5 Å². The van der Waals surface area contributed by atoms with Crippen LogP contribution < -0.4 is 10.5 Å². The molecular weight excluding hydrogens is 318 g/mol. The number of ether oxygens (including phenoxy) is 4. The molecule has 4 N–H and O–H groups in total. The van der Waals surface area contributed by atoms with Crippen LogP contribution in [0.1, 0.15) is 20.3 Å². The number of nitrogens with one attached hydrogen (secondary N) is 1. The summed E-state index contributed by atoms with van der Waals surface area (Å²) < 4.78 is 22.3. The lowest BCUT2D eigenvalue weighted by Gasteiger charge is -2.26. The van der Waals surface area contributed by atoms with E-state index in [2.05, 4.69) is 19.9 Å². The van der Waals surface area contributed by atoms with Crippen molar-refractivity contribution in [2.45, 2.75) is 44.6 Å². The molecule has 10 heteroatoms. The van der Waals surface area contributed by atoms with Crippen LogP contribution in [0.4, 0.5) is 5.95 Å². The van der Waals surface area contributed by atoms with Crippen LogP contribution in [0.2, 0.25) is 0 Å². The Labute approximate surface area is 138 Å². The second kappa shape index (κ2) is 6.48. The maximum absolute atomic E-state index is 9.88. The third-order valence-corrected chi connectivity index (χ3v) is 3.52. The monoisotopic (exact) mass is 339 g/mol. The quantitative estimate of drug-likeness (QED) is 0.629. The number of aromatic amines is 1. The average molecular weight is 339 g/mol. The van der Waals surface area contributed by atoms with Gasteiger partial charge < -0.3 is 34.8 Å². The lowest BCUT2D eigenvalue weighted by Crippen LogP contribution is -2.37. The first-order chi connectivity index (χ1) is 11.4. The zero-order chi connectivity index (χ0) is 17.3. The predicted molar refractivity (Wildman–Crippen MR) is 83.0 cm³/mol. The van der Waals surface area contributed by atoms with Crippen molar-refractivity contribution >= 4 is 17.1 Å². The fourth-order valence-electron chi connectivity index (χ4n) is 2.56. The van der Waals surface area contributed by atoms with Gasteiger partial charge in [-0.25, -0.2) is 4.98 Å². The zero-order valence-electron chi connectivity index (χ0n) is 13.7. The number of rotatable bonds is 6. The van der Waals surface area contributed by atoms with Gasteiger partial charge in [0.25, 0.3) is 0 Å². The number of anilines is 1. The van der Waals surface area contributed by atoms with E-state index >= 15 is 0 Å². The first-order valence-corrected chi connectivity index (χ1v) is 7.53. The molecule has 0 amide bonds. The molecule has 132 valence electrons. The van der Waals surface area contributed by atoms with Crippen molar-refractivity contribution in [3.8, 4) is 5.88 Å². The van der Waals surface area contributed by atoms with E-state index in [1.807, 2.05) is 0 Å². The molecule has 0 aromatic carbocycles. The Morgan fingerprint density at radius 3 is 2.96 bits per heavy atom. The summed E-state index contributed by atoms with van der Waals surface area (Å²) in [6.45, 7) is 3.26. The van der Waals surface area contributed by atoms with Gasteiger partial charge in [0.2, 0.25) is 11.8 Å². The number of aromatic nitrogens is 4. The standard InChI is InChI=1S/C14H21N5O5/c1-14(2,20)24-7-4-9(21-3)23-8(7)5-22-12-10-11(17-6-16-10)18-13(15)19-12/h6-9,20H,4-5H2,1-3H3,(H3,15,16,17,18,19)/t7-,8?,9?/m0/s1. The van der Waals surface area contributed by atoms with Gasteiger partial charge in [-0.1, -0.05) is 0 Å². The van der Waals surface area contributed by atoms with Gasteiger partial charge in [-0.3, -0.25) is 0 Å². The molecule has 0 bridgehead atoms. The Kier molecular flexibility index (Phi) is 4.54. The highest BCUT2D eigenvalue weighted by molar-refractivity contribution is 5.76. The van der Waals surface area contributed by atoms with Crippen LogP contribution >= 0.6 is 0 Å². The van der Waals surface area contributed by atoms with E-state index in [9.17, 15) is 5.11 Å². The summed E-state index contributed by atoms with van der Waals surface area (Å²) >= 11 is 0. The van der Waals surface area contributed by atoms with Gasteiger partial charge in [0.1, 0.15) is 18.2 Å². The highest BCUT2D eigenvalue weighted by Crippen LogP contribution is 2.28. The zero-order valence-corrected chi connectivity index (χ0v) is 13.7. The number of aliphatic hydroxyl groups is 1. The molecule has 24 heavy (non-hydrogen) atoms. The van der Waals surface area contributed by atoms with Crippen LogP contribution in [0.5, 0.6) is 5.88 Å². The largest absolute Gasteiger partial charge is 0.473 e. The molecule has 0 spiro atoms. The molecule has 1 saturated heterocycles. The summed E-state index contributed by atoms with van der Waals surface area (Å²) in [6, 6.07) is 0. The lowest BCUT2D eigenvalue weighted by atomic mass is 10.2. The Bertz CT molecular complexity index is 700. The van der Waals surface area contributed by atoms with Gasteiger partial charge >= 0.3 is 0 Å². The molecule has 10 nitrogen and oxygen atoms in total. The summed E-state index contributed by atoms with van der Waals surface area (Å²) in [5.41, 5.74) is 6.62. The van der Waals surface area contributed by atoms with Gasteiger partial charge in [-0.2, -0.15) is 9.97 Å². The van der Waals surface area contributed by atoms with Crippen LogP contribution in [0.15, 0.2) is 6.33 Å². The Hall–Kier alpha value is -2.01. The molecule has 0 radical (unpaired) electrons. The van der Waals surface area contributed by atoms with E-state index in [1.54, 1.807) is 21.0 Å². The van der Waals surface area contributed by atoms with E-state index in [1.165, 1.54) is 6.33 Å². The first kappa shape index (κ1) is 16.8. The third-order valence-electron chi connectivity index (χ3n) is 3.52. The average Bonchev–Trinajstić information content (AvgIpc) is 3.09. The minimum Gasteiger partial charge on any atom is -0.473 e. The first-order valence-electron chi connectivity index (χ1n) is 7.53. The predicted octanol–water partition coefficient (Wildman–Crippen LogP) is 0.189. The van der Waals surface area contributed by atoms with Crippen LogP contribution in [0.3, 0.4) is 0 Å². The fourth-order valence-corrected chi connectivity index (χ4v) is 2.56. The summed E-state index contributed by atoms with van der Waals surface area (Å²) in [5, 5.41) is 9.88. The maximum atomic E-state index is 9.88. The number of methoxy groups -OCH3 is 1. The summed E-state index contributed by atoms with van der Waals surface area (Å²) in [4.78, 5) is 15.0. The van der Waals surface area contributed by atoms with Crippen LogP contribution in [-0.4, -0.2) is 63.0 Å². The van der Waals surface area contributed by atoms with Crippen molar-refractivity contribution < 1.29 is 24.1 Å². The van der Waals surface area contributed by atoms with Crippen molar-refractivity contribution in [1.29, 1.82) is 0 Å². The second-order valence-corrected chi connectivity index (χ2v) is 5.98. The lowest BCUT2D eigenvalue weighted by molar-refractivity contribution is -0.217. The molecule has 1 fully saturated rings. The molecule has 2 unspecified atom stereocenters. The summed E-state index contributed by atoms with van der Waals surface area (Å²) in [7, 11) is 1.55. The van der Waals surface area contributed by atoms with Crippen molar-refractivity contribution in [1.82, 2.24) is 19.9 Å². The Morgan fingerprint density at radius 1 is 1.46 bits per heavy atom. The molecule has 2 aromatic rings. The molecule has 2 aromatic heterocycles. The van der Waals surface area contributed by atoms with Crippen molar-refractivity contribution in [3.05, 3.63) is 6.33 Å². The third kappa shape index (κ3) is 3.73. The van der Waals surface area contributed by atoms with Gasteiger partial charge in [0.15, 0.2) is 17.7 Å². The number of nitrogens with zero attached hydrogens (tertiary/aromatic N) is 3. The van der Waals surface area contributed by atoms with E-state index in [4.69, 9.17) is 24.7 Å². The van der Waals surface area contributed by atoms with E-state index in [-0.39, 0.29) is 24.5 Å². The fraction of sp³-hybridized carbons (Fsp3) is 0.643. The Morgan fingerprint density at radius 2 is 2.25 bits per heavy atom. The maximum Gasteiger partial charge on any atom is 0.245 e. The SMILES string of the molecule is COC1C[C@H](OC(C)(C)O)C(COc2nc(N)nc3nc[nH]c23)O1. The van der Waals surface area contributed by atoms with E-state index in [0.29, 0.717) is 17.6 Å². The number of nitrogen functional groups attached to an aromatic ring is 1. The van der Waals surface area contributed by atoms with E-state index < -0.39 is 18.2 Å². The van der Waals surface area contributed by atoms with Gasteiger partial charge in [0, 0.05) is 13.5 Å². The number of fused-ring (bicyclic) bond motifs is 1. The smallest absolute Gasteiger partial charge is 0.245 e. The second-order valence-electron chi connectivity index (χ2n) is 5.98. The molecule has 0 aliphatic carbocycles. The summed E-state index contributed by atoms with van der Waals surface area (Å²) in [5.74, 6) is -0.942. The van der Waals surface area contributed by atoms with Crippen molar-refractivity contribution in [3.63, 3.8) is 0 Å². The molecule has 1 aliphatic rings. The minimum absolute atomic E-state index is 0.0657. The van der Waals surface area contributed by atoms with E-state index in [0.717, 1.165) is 0 Å². The molecule has 3 atom stereocenters. The summed E-state index contributed by atoms with van der Waals surface area (Å²) in [6.07, 6.45) is 0.731. The Balaban J connectivity index is 1.72. The number of H-pyrrole nitrogens is 1. The number of hydrogen-bond acceptors (Lipinski definition) is 9. The number of nitrogens with two attached hydrogens (primary N) is 1. The molecule has 3 rings (SSSR count). The van der Waals surface area contributed by atoms with Crippen LogP contribution in [0.25, 0.3) is 11.2 Å². The normalized spacial score (nSPS) is 24.6. The van der Waals surface area contributed by atoms with Crippen LogP contribution in [0, 0.1) is 0 Å². The van der Waals surface area contributed by atoms with Gasteiger partial charge in [-0.15, -0.1) is 0 Å². The molecule has 1 aliphatic heterocycles.